The number of carbonyl (C=O) groups excluding carboxylic acids is 2. The van der Waals surface area contributed by atoms with Crippen molar-refractivity contribution in [2.24, 2.45) is 0 Å². The lowest BCUT2D eigenvalue weighted by atomic mass is 10.1. The molecule has 4 nitrogen and oxygen atoms in total. The highest BCUT2D eigenvalue weighted by Crippen LogP contribution is 2.26. The van der Waals surface area contributed by atoms with E-state index >= 15 is 0 Å². The number of benzene rings is 1. The molecule has 0 fully saturated rings. The molecule has 0 saturated heterocycles. The van der Waals surface area contributed by atoms with E-state index in [9.17, 15) is 9.59 Å². The number of carbonyl (C=O) groups is 2. The first-order chi connectivity index (χ1) is 9.11. The lowest BCUT2D eigenvalue weighted by Gasteiger charge is -2.20. The Kier molecular flexibility index (Phi) is 3.69. The molecule has 19 heavy (non-hydrogen) atoms. The van der Waals surface area contributed by atoms with Gasteiger partial charge in [0, 0.05) is 7.05 Å². The minimum atomic E-state index is -0.250. The molecule has 1 aromatic carbocycles. The number of rotatable bonds is 4. The molecule has 0 bridgehead atoms. The van der Waals surface area contributed by atoms with Gasteiger partial charge in [-0.05, 0) is 31.1 Å². The topological polar surface area (TPSA) is 49.4 Å². The van der Waals surface area contributed by atoms with Crippen LogP contribution in [0.15, 0.2) is 35.7 Å². The molecule has 1 aromatic rings. The SMILES string of the molecule is CCC/C(C)=C(/NC)N1C(=O)c2ccccc2C1=O. The second-order valence-corrected chi connectivity index (χ2v) is 4.62. The molecule has 1 N–H and O–H groups in total. The Hall–Kier alpha value is -2.10. The third-order valence-corrected chi connectivity index (χ3v) is 3.28. The molecule has 0 atom stereocenters. The Labute approximate surface area is 113 Å². The third kappa shape index (κ3) is 2.14. The summed E-state index contributed by atoms with van der Waals surface area (Å²) in [4.78, 5) is 25.9. The predicted octanol–water partition coefficient (Wildman–Crippen LogP) is 2.53. The zero-order valence-electron chi connectivity index (χ0n) is 11.5. The minimum Gasteiger partial charge on any atom is -0.374 e. The Morgan fingerprint density at radius 3 is 2.11 bits per heavy atom. The fourth-order valence-corrected chi connectivity index (χ4v) is 2.40. The van der Waals surface area contributed by atoms with E-state index in [4.69, 9.17) is 0 Å². The van der Waals surface area contributed by atoms with Crippen LogP contribution in [0.3, 0.4) is 0 Å². The van der Waals surface area contributed by atoms with E-state index in [2.05, 4.69) is 12.2 Å². The quantitative estimate of drug-likeness (QED) is 0.844. The van der Waals surface area contributed by atoms with Crippen molar-refractivity contribution < 1.29 is 9.59 Å². The Morgan fingerprint density at radius 2 is 1.68 bits per heavy atom. The van der Waals surface area contributed by atoms with Crippen LogP contribution >= 0.6 is 0 Å². The van der Waals surface area contributed by atoms with Crippen molar-refractivity contribution in [2.75, 3.05) is 7.05 Å². The van der Waals surface area contributed by atoms with Crippen molar-refractivity contribution in [1.82, 2.24) is 10.2 Å². The maximum absolute atomic E-state index is 12.3. The van der Waals surface area contributed by atoms with Gasteiger partial charge in [0.05, 0.1) is 11.1 Å². The summed E-state index contributed by atoms with van der Waals surface area (Å²) in [6.45, 7) is 4.01. The summed E-state index contributed by atoms with van der Waals surface area (Å²) < 4.78 is 0. The summed E-state index contributed by atoms with van der Waals surface area (Å²) in [5.74, 6) is 0.105. The van der Waals surface area contributed by atoms with E-state index in [1.165, 1.54) is 4.90 Å². The highest BCUT2D eigenvalue weighted by molar-refractivity contribution is 6.22. The largest absolute Gasteiger partial charge is 0.374 e. The fraction of sp³-hybridized carbons (Fsp3) is 0.333. The van der Waals surface area contributed by atoms with Gasteiger partial charge < -0.3 is 5.32 Å². The first kappa shape index (κ1) is 13.3. The number of imide groups is 1. The summed E-state index contributed by atoms with van der Waals surface area (Å²) in [6, 6.07) is 6.93. The standard InChI is InChI=1S/C15H18N2O2/c1-4-7-10(2)13(16-3)17-14(18)11-8-5-6-9-12(11)15(17)19/h5-6,8-9,16H,4,7H2,1-3H3/b13-10-. The molecule has 0 radical (unpaired) electrons. The van der Waals surface area contributed by atoms with Gasteiger partial charge in [-0.2, -0.15) is 0 Å². The van der Waals surface area contributed by atoms with E-state index in [0.29, 0.717) is 16.9 Å². The molecule has 1 heterocycles. The van der Waals surface area contributed by atoms with Crippen LogP contribution in [0.25, 0.3) is 0 Å². The second kappa shape index (κ2) is 5.26. The molecule has 1 aliphatic heterocycles. The smallest absolute Gasteiger partial charge is 0.267 e. The van der Waals surface area contributed by atoms with Crippen molar-refractivity contribution >= 4 is 11.8 Å². The highest BCUT2D eigenvalue weighted by Gasteiger charge is 2.37. The lowest BCUT2D eigenvalue weighted by Crippen LogP contribution is -2.35. The number of hydrogen-bond donors (Lipinski definition) is 1. The predicted molar refractivity (Wildman–Crippen MR) is 73.6 cm³/mol. The molecule has 0 spiro atoms. The Bertz CT molecular complexity index is 526. The van der Waals surface area contributed by atoms with Crippen LogP contribution < -0.4 is 5.32 Å². The zero-order valence-corrected chi connectivity index (χ0v) is 11.5. The molecular weight excluding hydrogens is 240 g/mol. The molecule has 0 unspecified atom stereocenters. The van der Waals surface area contributed by atoms with Gasteiger partial charge in [0.1, 0.15) is 5.82 Å². The van der Waals surface area contributed by atoms with E-state index < -0.39 is 0 Å². The Morgan fingerprint density at radius 1 is 1.16 bits per heavy atom. The lowest BCUT2D eigenvalue weighted by molar-refractivity contribution is 0.0693. The van der Waals surface area contributed by atoms with Gasteiger partial charge in [0.25, 0.3) is 11.8 Å². The molecule has 100 valence electrons. The summed E-state index contributed by atoms with van der Waals surface area (Å²) in [5.41, 5.74) is 1.97. The molecule has 0 aromatic heterocycles. The van der Waals surface area contributed by atoms with Crippen LogP contribution in [-0.4, -0.2) is 23.8 Å². The number of allylic oxidation sites excluding steroid dienone is 1. The first-order valence-electron chi connectivity index (χ1n) is 6.47. The maximum atomic E-state index is 12.3. The molecule has 1 aliphatic rings. The van der Waals surface area contributed by atoms with Gasteiger partial charge in [-0.15, -0.1) is 0 Å². The molecule has 4 heteroatoms. The minimum absolute atomic E-state index is 0.250. The van der Waals surface area contributed by atoms with Crippen LogP contribution in [0.2, 0.25) is 0 Å². The van der Waals surface area contributed by atoms with Gasteiger partial charge in [-0.25, -0.2) is 4.90 Å². The van der Waals surface area contributed by atoms with Crippen molar-refractivity contribution in [1.29, 1.82) is 0 Å². The molecule has 2 amide bonds. The van der Waals surface area contributed by atoms with Gasteiger partial charge in [0.15, 0.2) is 0 Å². The van der Waals surface area contributed by atoms with Gasteiger partial charge in [0.2, 0.25) is 0 Å². The average molecular weight is 258 g/mol. The average Bonchev–Trinajstić information content (AvgIpc) is 2.66. The van der Waals surface area contributed by atoms with Crippen molar-refractivity contribution in [3.63, 3.8) is 0 Å². The van der Waals surface area contributed by atoms with E-state index in [0.717, 1.165) is 18.4 Å². The van der Waals surface area contributed by atoms with Gasteiger partial charge in [-0.3, -0.25) is 9.59 Å². The Balaban J connectivity index is 2.46. The summed E-state index contributed by atoms with van der Waals surface area (Å²) in [5, 5.41) is 2.99. The molecule has 2 rings (SSSR count). The van der Waals surface area contributed by atoms with Crippen LogP contribution in [-0.2, 0) is 0 Å². The first-order valence-corrected chi connectivity index (χ1v) is 6.47. The van der Waals surface area contributed by atoms with Crippen molar-refractivity contribution in [3.8, 4) is 0 Å². The molecule has 0 saturated carbocycles. The number of fused-ring (bicyclic) bond motifs is 1. The van der Waals surface area contributed by atoms with Crippen molar-refractivity contribution in [3.05, 3.63) is 46.8 Å². The zero-order chi connectivity index (χ0) is 14.0. The van der Waals surface area contributed by atoms with Gasteiger partial charge >= 0.3 is 0 Å². The van der Waals surface area contributed by atoms with Crippen LogP contribution in [0.1, 0.15) is 47.4 Å². The number of nitrogens with zero attached hydrogens (tertiary/aromatic N) is 1. The normalized spacial score (nSPS) is 15.4. The van der Waals surface area contributed by atoms with E-state index in [-0.39, 0.29) is 11.8 Å². The second-order valence-electron chi connectivity index (χ2n) is 4.62. The van der Waals surface area contributed by atoms with Gasteiger partial charge in [-0.1, -0.05) is 25.5 Å². The number of amides is 2. The monoisotopic (exact) mass is 258 g/mol. The number of hydrogen-bond acceptors (Lipinski definition) is 3. The maximum Gasteiger partial charge on any atom is 0.267 e. The summed E-state index contributed by atoms with van der Waals surface area (Å²) >= 11 is 0. The van der Waals surface area contributed by atoms with Crippen LogP contribution in [0.4, 0.5) is 0 Å². The number of nitrogens with one attached hydrogen (secondary N) is 1. The van der Waals surface area contributed by atoms with Crippen LogP contribution in [0.5, 0.6) is 0 Å². The fourth-order valence-electron chi connectivity index (χ4n) is 2.40. The summed E-state index contributed by atoms with van der Waals surface area (Å²) in [6.07, 6.45) is 1.82. The highest BCUT2D eigenvalue weighted by atomic mass is 16.2. The van der Waals surface area contributed by atoms with E-state index in [1.54, 1.807) is 31.3 Å². The van der Waals surface area contributed by atoms with Crippen molar-refractivity contribution in [2.45, 2.75) is 26.7 Å². The van der Waals surface area contributed by atoms with Crippen LogP contribution in [0, 0.1) is 0 Å². The molecular formula is C15H18N2O2. The molecule has 0 aliphatic carbocycles. The third-order valence-electron chi connectivity index (χ3n) is 3.28. The summed E-state index contributed by atoms with van der Waals surface area (Å²) in [7, 11) is 1.73. The van der Waals surface area contributed by atoms with E-state index in [1.807, 2.05) is 6.92 Å².